The first-order valence-corrected chi connectivity index (χ1v) is 15.7. The number of ether oxygens (including phenoxy) is 10. The Morgan fingerprint density at radius 3 is 0.725 bits per heavy atom. The van der Waals surface area contributed by atoms with Crippen LogP contribution in [0.1, 0.15) is 65.2 Å². The van der Waals surface area contributed by atoms with E-state index in [0.29, 0.717) is 126 Å². The van der Waals surface area contributed by atoms with Crippen LogP contribution in [0.5, 0.6) is 0 Å². The van der Waals surface area contributed by atoms with Gasteiger partial charge in [-0.3, -0.25) is 0 Å². The van der Waals surface area contributed by atoms with Crippen LogP contribution in [0.15, 0.2) is 0 Å². The van der Waals surface area contributed by atoms with Gasteiger partial charge in [0.15, 0.2) is 0 Å². The van der Waals surface area contributed by atoms with Gasteiger partial charge in [0.05, 0.1) is 119 Å². The predicted octanol–water partition coefficient (Wildman–Crippen LogP) is 4.31. The molecule has 0 aromatic rings. The number of hydrogen-bond donors (Lipinski definition) is 0. The molecule has 0 bridgehead atoms. The first kappa shape index (κ1) is 39.6. The Morgan fingerprint density at radius 2 is 0.450 bits per heavy atom. The van der Waals surface area contributed by atoms with Gasteiger partial charge in [0.2, 0.25) is 0 Å². The summed E-state index contributed by atoms with van der Waals surface area (Å²) in [6.45, 7) is 15.9. The molecular formula is C30H62O10. The Morgan fingerprint density at radius 1 is 0.225 bits per heavy atom. The second-order valence-electron chi connectivity index (χ2n) is 9.18. The molecule has 0 saturated heterocycles. The van der Waals surface area contributed by atoms with Crippen LogP contribution < -0.4 is 0 Å². The highest BCUT2D eigenvalue weighted by molar-refractivity contribution is 4.46. The summed E-state index contributed by atoms with van der Waals surface area (Å²) in [7, 11) is 0. The van der Waals surface area contributed by atoms with Crippen LogP contribution in [-0.4, -0.2) is 132 Å². The van der Waals surface area contributed by atoms with E-state index in [-0.39, 0.29) is 0 Å². The lowest BCUT2D eigenvalue weighted by atomic mass is 10.1. The molecule has 10 nitrogen and oxygen atoms in total. The average molecular weight is 583 g/mol. The molecule has 0 unspecified atom stereocenters. The molecule has 0 aliphatic carbocycles. The highest BCUT2D eigenvalue weighted by atomic mass is 16.6. The van der Waals surface area contributed by atoms with Crippen molar-refractivity contribution in [2.24, 2.45) is 0 Å². The van der Waals surface area contributed by atoms with E-state index >= 15 is 0 Å². The molecule has 0 radical (unpaired) electrons. The predicted molar refractivity (Wildman–Crippen MR) is 156 cm³/mol. The third kappa shape index (κ3) is 37.6. The molecule has 0 aliphatic rings. The second-order valence-corrected chi connectivity index (χ2v) is 9.18. The van der Waals surface area contributed by atoms with Crippen molar-refractivity contribution in [1.29, 1.82) is 0 Å². The Kier molecular flexibility index (Phi) is 38.2. The monoisotopic (exact) mass is 582 g/mol. The average Bonchev–Trinajstić information content (AvgIpc) is 2.97. The molecule has 0 aliphatic heterocycles. The summed E-state index contributed by atoms with van der Waals surface area (Å²) in [5, 5.41) is 0. The van der Waals surface area contributed by atoms with Gasteiger partial charge in [-0.05, 0) is 13.3 Å². The summed E-state index contributed by atoms with van der Waals surface area (Å²) in [6, 6.07) is 0. The Bertz CT molecular complexity index is 393. The van der Waals surface area contributed by atoms with Gasteiger partial charge in [-0.15, -0.1) is 0 Å². The van der Waals surface area contributed by atoms with E-state index in [1.165, 1.54) is 44.9 Å². The van der Waals surface area contributed by atoms with Gasteiger partial charge in [-0.1, -0.05) is 51.9 Å². The van der Waals surface area contributed by atoms with Crippen molar-refractivity contribution in [2.45, 2.75) is 65.2 Å². The molecule has 0 atom stereocenters. The summed E-state index contributed by atoms with van der Waals surface area (Å²) in [4.78, 5) is 0. The van der Waals surface area contributed by atoms with E-state index in [1.54, 1.807) is 0 Å². The molecule has 0 aromatic carbocycles. The zero-order valence-corrected chi connectivity index (χ0v) is 25.9. The maximum atomic E-state index is 5.61. The van der Waals surface area contributed by atoms with E-state index in [4.69, 9.17) is 47.4 Å². The summed E-state index contributed by atoms with van der Waals surface area (Å²) >= 11 is 0. The first-order valence-electron chi connectivity index (χ1n) is 15.7. The molecule has 10 heteroatoms. The second kappa shape index (κ2) is 38.6. The van der Waals surface area contributed by atoms with E-state index in [2.05, 4.69) is 6.92 Å². The van der Waals surface area contributed by atoms with Crippen molar-refractivity contribution in [3.8, 4) is 0 Å². The van der Waals surface area contributed by atoms with Crippen molar-refractivity contribution in [3.05, 3.63) is 0 Å². The van der Waals surface area contributed by atoms with Crippen molar-refractivity contribution < 1.29 is 47.4 Å². The summed E-state index contributed by atoms with van der Waals surface area (Å²) < 4.78 is 54.5. The smallest absolute Gasteiger partial charge is 0.0701 e. The fraction of sp³-hybridized carbons (Fsp3) is 1.00. The van der Waals surface area contributed by atoms with E-state index in [9.17, 15) is 0 Å². The molecule has 40 heavy (non-hydrogen) atoms. The summed E-state index contributed by atoms with van der Waals surface area (Å²) in [6.07, 6.45) is 10.6. The number of rotatable bonds is 37. The lowest BCUT2D eigenvalue weighted by molar-refractivity contribution is -0.0263. The molecule has 0 N–H and O–H groups in total. The summed E-state index contributed by atoms with van der Waals surface area (Å²) in [5.41, 5.74) is 0. The van der Waals surface area contributed by atoms with Crippen LogP contribution in [0, 0.1) is 0 Å². The minimum Gasteiger partial charge on any atom is -0.379 e. The van der Waals surface area contributed by atoms with Gasteiger partial charge < -0.3 is 47.4 Å². The lowest BCUT2D eigenvalue weighted by Gasteiger charge is -2.09. The van der Waals surface area contributed by atoms with Crippen molar-refractivity contribution in [1.82, 2.24) is 0 Å². The minimum atomic E-state index is 0.534. The molecule has 0 heterocycles. The topological polar surface area (TPSA) is 92.3 Å². The quantitative estimate of drug-likeness (QED) is 0.0987. The number of unbranched alkanes of at least 4 members (excludes halogenated alkanes) is 7. The fourth-order valence-corrected chi connectivity index (χ4v) is 3.46. The van der Waals surface area contributed by atoms with Crippen LogP contribution >= 0.6 is 0 Å². The summed E-state index contributed by atoms with van der Waals surface area (Å²) in [5.74, 6) is 0. The van der Waals surface area contributed by atoms with Gasteiger partial charge in [0, 0.05) is 13.2 Å². The van der Waals surface area contributed by atoms with Crippen LogP contribution in [0.2, 0.25) is 0 Å². The molecule has 0 aromatic heterocycles. The third-order valence-electron chi connectivity index (χ3n) is 5.69. The van der Waals surface area contributed by atoms with Crippen LogP contribution in [0.3, 0.4) is 0 Å². The van der Waals surface area contributed by atoms with E-state index in [1.807, 2.05) is 6.92 Å². The Balaban J connectivity index is 3.01. The largest absolute Gasteiger partial charge is 0.379 e. The molecule has 0 spiro atoms. The molecule has 0 amide bonds. The van der Waals surface area contributed by atoms with Gasteiger partial charge in [-0.2, -0.15) is 0 Å². The van der Waals surface area contributed by atoms with Crippen LogP contribution in [-0.2, 0) is 47.4 Å². The molecule has 242 valence electrons. The zero-order valence-electron chi connectivity index (χ0n) is 25.9. The first-order chi connectivity index (χ1) is 19.9. The molecule has 0 fully saturated rings. The Labute approximate surface area is 244 Å². The third-order valence-corrected chi connectivity index (χ3v) is 5.69. The maximum absolute atomic E-state index is 5.61. The highest BCUT2D eigenvalue weighted by Gasteiger charge is 1.96. The van der Waals surface area contributed by atoms with Crippen molar-refractivity contribution in [3.63, 3.8) is 0 Å². The molecule has 0 saturated carbocycles. The SMILES string of the molecule is CCCCCCCCCCOCCOCCOCCOCCOCCOCCOCCOCCOCCOCC. The van der Waals surface area contributed by atoms with Crippen LogP contribution in [0.25, 0.3) is 0 Å². The fourth-order valence-electron chi connectivity index (χ4n) is 3.46. The maximum Gasteiger partial charge on any atom is 0.0701 e. The molecular weight excluding hydrogens is 520 g/mol. The van der Waals surface area contributed by atoms with Crippen molar-refractivity contribution in [2.75, 3.05) is 132 Å². The van der Waals surface area contributed by atoms with Gasteiger partial charge in [-0.25, -0.2) is 0 Å². The number of hydrogen-bond acceptors (Lipinski definition) is 10. The molecule has 0 rings (SSSR count). The standard InChI is InChI=1S/C30H62O10/c1-3-5-6-7-8-9-10-11-12-32-15-16-34-19-20-36-23-24-38-27-28-40-30-29-39-26-25-37-22-21-35-18-17-33-14-13-31-4-2/h3-30H2,1-2H3. The van der Waals surface area contributed by atoms with Crippen molar-refractivity contribution >= 4 is 0 Å². The zero-order chi connectivity index (χ0) is 28.9. The highest BCUT2D eigenvalue weighted by Crippen LogP contribution is 2.08. The van der Waals surface area contributed by atoms with E-state index < -0.39 is 0 Å². The van der Waals surface area contributed by atoms with Gasteiger partial charge in [0.25, 0.3) is 0 Å². The van der Waals surface area contributed by atoms with Gasteiger partial charge in [0.1, 0.15) is 0 Å². The van der Waals surface area contributed by atoms with E-state index in [0.717, 1.165) is 13.0 Å². The lowest BCUT2D eigenvalue weighted by Crippen LogP contribution is -2.15. The minimum absolute atomic E-state index is 0.534. The van der Waals surface area contributed by atoms with Crippen LogP contribution in [0.4, 0.5) is 0 Å². The van der Waals surface area contributed by atoms with Gasteiger partial charge >= 0.3 is 0 Å². The normalized spacial score (nSPS) is 11.6. The Hall–Kier alpha value is -0.400.